The monoisotopic (exact) mass is 277 g/mol. The topological polar surface area (TPSA) is 58.4 Å². The number of benzene rings is 1. The molecular formula is C16H27N3O. The van der Waals surface area contributed by atoms with Gasteiger partial charge in [-0.1, -0.05) is 19.9 Å². The highest BCUT2D eigenvalue weighted by Crippen LogP contribution is 2.13. The van der Waals surface area contributed by atoms with Gasteiger partial charge in [-0.15, -0.1) is 0 Å². The van der Waals surface area contributed by atoms with E-state index in [4.69, 9.17) is 5.73 Å². The molecule has 0 radical (unpaired) electrons. The van der Waals surface area contributed by atoms with Gasteiger partial charge in [0.25, 0.3) is 5.91 Å². The SMILES string of the molecule is Cc1ccc(C(=O)NCC(CC(C)C)N(C)C)cc1N. The molecule has 20 heavy (non-hydrogen) atoms. The number of hydrogen-bond acceptors (Lipinski definition) is 3. The van der Waals surface area contributed by atoms with Gasteiger partial charge < -0.3 is 16.0 Å². The molecule has 0 aliphatic rings. The number of nitrogens with one attached hydrogen (secondary N) is 1. The summed E-state index contributed by atoms with van der Waals surface area (Å²) < 4.78 is 0. The third-order valence-corrected chi connectivity index (χ3v) is 3.51. The molecule has 1 atom stereocenters. The van der Waals surface area contributed by atoms with Gasteiger partial charge in [-0.2, -0.15) is 0 Å². The lowest BCUT2D eigenvalue weighted by atomic mass is 10.0. The van der Waals surface area contributed by atoms with Crippen LogP contribution in [-0.2, 0) is 0 Å². The van der Waals surface area contributed by atoms with Gasteiger partial charge in [-0.05, 0) is 51.1 Å². The second kappa shape index (κ2) is 7.29. The molecule has 0 fully saturated rings. The van der Waals surface area contributed by atoms with Crippen molar-refractivity contribution in [2.45, 2.75) is 33.2 Å². The van der Waals surface area contributed by atoms with Gasteiger partial charge in [0.2, 0.25) is 0 Å². The van der Waals surface area contributed by atoms with Crippen molar-refractivity contribution in [2.75, 3.05) is 26.4 Å². The van der Waals surface area contributed by atoms with Crippen molar-refractivity contribution in [2.24, 2.45) is 5.92 Å². The number of likely N-dealkylation sites (N-methyl/N-ethyl adjacent to an activating group) is 1. The summed E-state index contributed by atoms with van der Waals surface area (Å²) in [6.45, 7) is 6.97. The van der Waals surface area contributed by atoms with E-state index in [0.717, 1.165) is 12.0 Å². The lowest BCUT2D eigenvalue weighted by molar-refractivity contribution is 0.0938. The number of carbonyl (C=O) groups is 1. The molecule has 1 unspecified atom stereocenters. The van der Waals surface area contributed by atoms with Crippen LogP contribution in [0.25, 0.3) is 0 Å². The van der Waals surface area contributed by atoms with Crippen LogP contribution >= 0.6 is 0 Å². The molecule has 0 aliphatic heterocycles. The first-order valence-electron chi connectivity index (χ1n) is 7.12. The molecule has 1 rings (SSSR count). The Hall–Kier alpha value is -1.55. The summed E-state index contributed by atoms with van der Waals surface area (Å²) >= 11 is 0. The Morgan fingerprint density at radius 1 is 1.35 bits per heavy atom. The lowest BCUT2D eigenvalue weighted by Crippen LogP contribution is -2.41. The highest BCUT2D eigenvalue weighted by atomic mass is 16.1. The first-order chi connectivity index (χ1) is 9.31. The molecule has 0 saturated heterocycles. The standard InChI is InChI=1S/C16H27N3O/c1-11(2)8-14(19(4)5)10-18-16(20)13-7-6-12(3)15(17)9-13/h6-7,9,11,14H,8,10,17H2,1-5H3,(H,18,20). The second-order valence-corrected chi connectivity index (χ2v) is 6.03. The number of anilines is 1. The molecule has 1 amide bonds. The van der Waals surface area contributed by atoms with E-state index in [9.17, 15) is 4.79 Å². The van der Waals surface area contributed by atoms with E-state index >= 15 is 0 Å². The van der Waals surface area contributed by atoms with Gasteiger partial charge in [-0.25, -0.2) is 0 Å². The summed E-state index contributed by atoms with van der Waals surface area (Å²) in [7, 11) is 4.09. The minimum absolute atomic E-state index is 0.0627. The minimum Gasteiger partial charge on any atom is -0.398 e. The largest absolute Gasteiger partial charge is 0.398 e. The molecule has 1 aromatic rings. The number of amides is 1. The number of nitrogens with two attached hydrogens (primary N) is 1. The zero-order chi connectivity index (χ0) is 15.3. The quantitative estimate of drug-likeness (QED) is 0.784. The highest BCUT2D eigenvalue weighted by molar-refractivity contribution is 5.95. The number of carbonyl (C=O) groups excluding carboxylic acids is 1. The Balaban J connectivity index is 2.63. The molecule has 1 aromatic carbocycles. The molecule has 0 aromatic heterocycles. The normalized spacial score (nSPS) is 12.8. The van der Waals surface area contributed by atoms with Crippen molar-refractivity contribution in [1.29, 1.82) is 0 Å². The first kappa shape index (κ1) is 16.5. The van der Waals surface area contributed by atoms with Crippen molar-refractivity contribution in [1.82, 2.24) is 10.2 Å². The lowest BCUT2D eigenvalue weighted by Gasteiger charge is -2.26. The highest BCUT2D eigenvalue weighted by Gasteiger charge is 2.15. The summed E-state index contributed by atoms with van der Waals surface area (Å²) in [6.07, 6.45) is 1.06. The summed E-state index contributed by atoms with van der Waals surface area (Å²) in [5.74, 6) is 0.543. The molecule has 3 N–H and O–H groups in total. The molecule has 4 nitrogen and oxygen atoms in total. The van der Waals surface area contributed by atoms with Crippen molar-refractivity contribution >= 4 is 11.6 Å². The molecule has 0 bridgehead atoms. The summed E-state index contributed by atoms with van der Waals surface area (Å²) in [6, 6.07) is 5.77. The van der Waals surface area contributed by atoms with E-state index in [1.54, 1.807) is 6.07 Å². The first-order valence-corrected chi connectivity index (χ1v) is 7.12. The zero-order valence-corrected chi connectivity index (χ0v) is 13.2. The maximum Gasteiger partial charge on any atom is 0.251 e. The van der Waals surface area contributed by atoms with Crippen LogP contribution in [0.3, 0.4) is 0 Å². The molecular weight excluding hydrogens is 250 g/mol. The Kier molecular flexibility index (Phi) is 6.02. The summed E-state index contributed by atoms with van der Waals surface area (Å²) in [4.78, 5) is 14.3. The fraction of sp³-hybridized carbons (Fsp3) is 0.562. The van der Waals surface area contributed by atoms with Crippen LogP contribution in [0.5, 0.6) is 0 Å². The summed E-state index contributed by atoms with van der Waals surface area (Å²) in [5, 5.41) is 3.00. The fourth-order valence-corrected chi connectivity index (χ4v) is 2.12. The van der Waals surface area contributed by atoms with Crippen LogP contribution in [0, 0.1) is 12.8 Å². The summed E-state index contributed by atoms with van der Waals surface area (Å²) in [5.41, 5.74) is 8.11. The van der Waals surface area contributed by atoms with Crippen molar-refractivity contribution < 1.29 is 4.79 Å². The Labute approximate surface area is 122 Å². The number of aryl methyl sites for hydroxylation is 1. The van der Waals surface area contributed by atoms with Gasteiger partial charge in [-0.3, -0.25) is 4.79 Å². The van der Waals surface area contributed by atoms with Gasteiger partial charge in [0, 0.05) is 23.8 Å². The molecule has 0 heterocycles. The van der Waals surface area contributed by atoms with E-state index in [1.807, 2.05) is 33.2 Å². The zero-order valence-electron chi connectivity index (χ0n) is 13.2. The Morgan fingerprint density at radius 2 is 2.00 bits per heavy atom. The van der Waals surface area contributed by atoms with Crippen LogP contribution in [0.15, 0.2) is 18.2 Å². The van der Waals surface area contributed by atoms with E-state index in [-0.39, 0.29) is 5.91 Å². The van der Waals surface area contributed by atoms with Crippen LogP contribution in [0.4, 0.5) is 5.69 Å². The minimum atomic E-state index is -0.0627. The second-order valence-electron chi connectivity index (χ2n) is 6.03. The smallest absolute Gasteiger partial charge is 0.251 e. The molecule has 0 aliphatic carbocycles. The average molecular weight is 277 g/mol. The predicted octanol–water partition coefficient (Wildman–Crippen LogP) is 2.28. The van der Waals surface area contributed by atoms with E-state index < -0.39 is 0 Å². The van der Waals surface area contributed by atoms with Gasteiger partial charge >= 0.3 is 0 Å². The number of hydrogen-bond donors (Lipinski definition) is 2. The van der Waals surface area contributed by atoms with Gasteiger partial charge in [0.05, 0.1) is 0 Å². The predicted molar refractivity (Wildman–Crippen MR) is 84.9 cm³/mol. The molecule has 112 valence electrons. The van der Waals surface area contributed by atoms with Crippen molar-refractivity contribution in [3.05, 3.63) is 29.3 Å². The molecule has 0 spiro atoms. The Bertz CT molecular complexity index is 455. The van der Waals surface area contributed by atoms with Crippen LogP contribution in [-0.4, -0.2) is 37.5 Å². The maximum atomic E-state index is 12.1. The average Bonchev–Trinajstić information content (AvgIpc) is 2.36. The van der Waals surface area contributed by atoms with E-state index in [0.29, 0.717) is 29.8 Å². The van der Waals surface area contributed by atoms with Crippen LogP contribution < -0.4 is 11.1 Å². The van der Waals surface area contributed by atoms with Gasteiger partial charge in [0.1, 0.15) is 0 Å². The van der Waals surface area contributed by atoms with Gasteiger partial charge in [0.15, 0.2) is 0 Å². The van der Waals surface area contributed by atoms with Crippen molar-refractivity contribution in [3.63, 3.8) is 0 Å². The fourth-order valence-electron chi connectivity index (χ4n) is 2.12. The number of nitrogen functional groups attached to an aromatic ring is 1. The Morgan fingerprint density at radius 3 is 2.50 bits per heavy atom. The van der Waals surface area contributed by atoms with Crippen molar-refractivity contribution in [3.8, 4) is 0 Å². The van der Waals surface area contributed by atoms with Crippen LogP contribution in [0.1, 0.15) is 36.2 Å². The third-order valence-electron chi connectivity index (χ3n) is 3.51. The molecule has 4 heteroatoms. The maximum absolute atomic E-state index is 12.1. The number of nitrogens with zero attached hydrogens (tertiary/aromatic N) is 1. The molecule has 0 saturated carbocycles. The van der Waals surface area contributed by atoms with Crippen LogP contribution in [0.2, 0.25) is 0 Å². The third kappa shape index (κ3) is 4.85. The number of rotatable bonds is 6. The van der Waals surface area contributed by atoms with E-state index in [2.05, 4.69) is 24.1 Å². The van der Waals surface area contributed by atoms with E-state index in [1.165, 1.54) is 0 Å².